The van der Waals surface area contributed by atoms with Crippen LogP contribution in [0.4, 0.5) is 0 Å². The molecule has 0 aliphatic heterocycles. The number of hydrogen-bond donors (Lipinski definition) is 1. The van der Waals surface area contributed by atoms with Gasteiger partial charge in [-0.25, -0.2) is 0 Å². The second kappa shape index (κ2) is 7.93. The maximum Gasteiger partial charge on any atom is 0.0181 e. The van der Waals surface area contributed by atoms with Crippen molar-refractivity contribution >= 4 is 11.8 Å². The molecule has 0 aromatic rings. The lowest BCUT2D eigenvalue weighted by molar-refractivity contribution is 0.434. The van der Waals surface area contributed by atoms with E-state index >= 15 is 0 Å². The highest BCUT2D eigenvalue weighted by Crippen LogP contribution is 2.09. The molecule has 0 rings (SSSR count). The van der Waals surface area contributed by atoms with Crippen molar-refractivity contribution in [1.82, 2.24) is 5.32 Å². The van der Waals surface area contributed by atoms with Gasteiger partial charge in [-0.15, -0.1) is 0 Å². The molecule has 1 atom stereocenters. The van der Waals surface area contributed by atoms with Crippen LogP contribution in [-0.2, 0) is 0 Å². The number of thioether (sulfide) groups is 1. The summed E-state index contributed by atoms with van der Waals surface area (Å²) >= 11 is 2.03. The minimum atomic E-state index is 0.704. The summed E-state index contributed by atoms with van der Waals surface area (Å²) in [6, 6.07) is 0.704. The first-order valence-electron chi connectivity index (χ1n) is 5.03. The van der Waals surface area contributed by atoms with Crippen LogP contribution in [0.2, 0.25) is 0 Å². The van der Waals surface area contributed by atoms with E-state index in [4.69, 9.17) is 0 Å². The summed E-state index contributed by atoms with van der Waals surface area (Å²) in [7, 11) is 0. The van der Waals surface area contributed by atoms with E-state index in [-0.39, 0.29) is 0 Å². The van der Waals surface area contributed by atoms with Gasteiger partial charge in [0.05, 0.1) is 0 Å². The molecule has 0 aliphatic carbocycles. The molecule has 0 aliphatic rings. The zero-order chi connectivity index (χ0) is 9.40. The topological polar surface area (TPSA) is 12.0 Å². The van der Waals surface area contributed by atoms with Crippen molar-refractivity contribution in [1.29, 1.82) is 0 Å². The Morgan fingerprint density at radius 1 is 1.25 bits per heavy atom. The lowest BCUT2D eigenvalue weighted by atomic mass is 10.1. The third-order valence-electron chi connectivity index (χ3n) is 1.96. The first-order chi connectivity index (χ1) is 5.72. The Morgan fingerprint density at radius 3 is 2.33 bits per heavy atom. The Bertz CT molecular complexity index is 85.8. The van der Waals surface area contributed by atoms with E-state index in [2.05, 4.69) is 33.0 Å². The molecule has 0 radical (unpaired) electrons. The Morgan fingerprint density at radius 2 is 1.92 bits per heavy atom. The van der Waals surface area contributed by atoms with Gasteiger partial charge in [0.1, 0.15) is 0 Å². The molecule has 0 saturated carbocycles. The molecule has 0 saturated heterocycles. The maximum atomic E-state index is 3.58. The molecule has 0 aromatic heterocycles. The van der Waals surface area contributed by atoms with Crippen LogP contribution >= 0.6 is 11.8 Å². The molecule has 0 bridgehead atoms. The van der Waals surface area contributed by atoms with Crippen molar-refractivity contribution in [2.75, 3.05) is 18.1 Å². The number of hydrogen-bond acceptors (Lipinski definition) is 2. The first kappa shape index (κ1) is 12.3. The van der Waals surface area contributed by atoms with Gasteiger partial charge in [0.25, 0.3) is 0 Å². The number of nitrogens with one attached hydrogen (secondary N) is 1. The molecule has 1 N–H and O–H groups in total. The van der Waals surface area contributed by atoms with Crippen LogP contribution in [0.3, 0.4) is 0 Å². The largest absolute Gasteiger partial charge is 0.313 e. The molecule has 0 aromatic carbocycles. The summed E-state index contributed by atoms with van der Waals surface area (Å²) in [6.07, 6.45) is 1.24. The summed E-state index contributed by atoms with van der Waals surface area (Å²) in [4.78, 5) is 0. The van der Waals surface area contributed by atoms with Gasteiger partial charge in [0, 0.05) is 11.8 Å². The second-order valence-electron chi connectivity index (χ2n) is 3.46. The Hall–Kier alpha value is 0.310. The molecule has 1 unspecified atom stereocenters. The van der Waals surface area contributed by atoms with Crippen LogP contribution in [0, 0.1) is 5.92 Å². The smallest absolute Gasteiger partial charge is 0.0181 e. The summed E-state index contributed by atoms with van der Waals surface area (Å²) in [5.41, 5.74) is 0. The van der Waals surface area contributed by atoms with Gasteiger partial charge in [-0.3, -0.25) is 0 Å². The summed E-state index contributed by atoms with van der Waals surface area (Å²) in [6.45, 7) is 10.2. The van der Waals surface area contributed by atoms with E-state index in [0.717, 1.165) is 12.5 Å². The van der Waals surface area contributed by atoms with Crippen molar-refractivity contribution in [3.05, 3.63) is 0 Å². The molecule has 0 fully saturated rings. The molecule has 2 heteroatoms. The maximum absolute atomic E-state index is 3.58. The van der Waals surface area contributed by atoms with Gasteiger partial charge in [-0.2, -0.15) is 11.8 Å². The Balaban J connectivity index is 3.55. The van der Waals surface area contributed by atoms with Gasteiger partial charge >= 0.3 is 0 Å². The van der Waals surface area contributed by atoms with Crippen LogP contribution in [0.15, 0.2) is 0 Å². The van der Waals surface area contributed by atoms with E-state index < -0.39 is 0 Å². The molecule has 0 heterocycles. The average Bonchev–Trinajstić information content (AvgIpc) is 2.04. The highest BCUT2D eigenvalue weighted by Gasteiger charge is 2.10. The highest BCUT2D eigenvalue weighted by molar-refractivity contribution is 7.99. The van der Waals surface area contributed by atoms with Crippen LogP contribution < -0.4 is 5.32 Å². The zero-order valence-corrected chi connectivity index (χ0v) is 9.71. The first-order valence-corrected chi connectivity index (χ1v) is 6.18. The fourth-order valence-corrected chi connectivity index (χ4v) is 2.05. The number of rotatable bonds is 7. The van der Waals surface area contributed by atoms with E-state index in [1.54, 1.807) is 0 Å². The Kier molecular flexibility index (Phi) is 8.14. The van der Waals surface area contributed by atoms with E-state index in [0.29, 0.717) is 6.04 Å². The quantitative estimate of drug-likeness (QED) is 0.661. The van der Waals surface area contributed by atoms with Crippen molar-refractivity contribution in [3.8, 4) is 0 Å². The van der Waals surface area contributed by atoms with Crippen LogP contribution in [0.1, 0.15) is 34.1 Å². The third kappa shape index (κ3) is 5.90. The second-order valence-corrected chi connectivity index (χ2v) is 4.78. The van der Waals surface area contributed by atoms with E-state index in [1.165, 1.54) is 17.9 Å². The predicted octanol–water partition coefficient (Wildman–Crippen LogP) is 2.76. The zero-order valence-electron chi connectivity index (χ0n) is 8.89. The monoisotopic (exact) mass is 189 g/mol. The molecule has 0 spiro atoms. The van der Waals surface area contributed by atoms with Gasteiger partial charge < -0.3 is 5.32 Å². The molecule has 1 nitrogen and oxygen atoms in total. The summed E-state index contributed by atoms with van der Waals surface area (Å²) < 4.78 is 0. The van der Waals surface area contributed by atoms with Gasteiger partial charge in [-0.1, -0.05) is 27.7 Å². The molecule has 12 heavy (non-hydrogen) atoms. The van der Waals surface area contributed by atoms with Crippen molar-refractivity contribution in [3.63, 3.8) is 0 Å². The fourth-order valence-electron chi connectivity index (χ4n) is 1.06. The van der Waals surface area contributed by atoms with Gasteiger partial charge in [-0.05, 0) is 24.6 Å². The minimum absolute atomic E-state index is 0.704. The van der Waals surface area contributed by atoms with E-state index in [1.807, 2.05) is 11.8 Å². The average molecular weight is 189 g/mol. The standard InChI is InChI=1S/C10H23NS/c1-5-7-11-10(9(3)4)8-12-6-2/h9-11H,5-8H2,1-4H3. The lowest BCUT2D eigenvalue weighted by Crippen LogP contribution is -2.36. The molecule has 74 valence electrons. The Labute approximate surface area is 81.7 Å². The van der Waals surface area contributed by atoms with Gasteiger partial charge in [0.15, 0.2) is 0 Å². The minimum Gasteiger partial charge on any atom is -0.313 e. The van der Waals surface area contributed by atoms with Crippen molar-refractivity contribution in [2.24, 2.45) is 5.92 Å². The van der Waals surface area contributed by atoms with Crippen molar-refractivity contribution < 1.29 is 0 Å². The molecular weight excluding hydrogens is 166 g/mol. The highest BCUT2D eigenvalue weighted by atomic mass is 32.2. The third-order valence-corrected chi connectivity index (χ3v) is 2.97. The molecule has 0 amide bonds. The fraction of sp³-hybridized carbons (Fsp3) is 1.00. The van der Waals surface area contributed by atoms with Crippen molar-refractivity contribution in [2.45, 2.75) is 40.2 Å². The summed E-state index contributed by atoms with van der Waals surface area (Å²) in [5.74, 6) is 3.25. The van der Waals surface area contributed by atoms with Crippen LogP contribution in [-0.4, -0.2) is 24.1 Å². The lowest BCUT2D eigenvalue weighted by Gasteiger charge is -2.21. The summed E-state index contributed by atoms with van der Waals surface area (Å²) in [5, 5.41) is 3.58. The van der Waals surface area contributed by atoms with Gasteiger partial charge in [0.2, 0.25) is 0 Å². The van der Waals surface area contributed by atoms with Crippen LogP contribution in [0.5, 0.6) is 0 Å². The predicted molar refractivity (Wildman–Crippen MR) is 59.9 cm³/mol. The normalized spacial score (nSPS) is 13.8. The van der Waals surface area contributed by atoms with Crippen LogP contribution in [0.25, 0.3) is 0 Å². The SMILES string of the molecule is CCCNC(CSCC)C(C)C. The molecular formula is C10H23NS. The van der Waals surface area contributed by atoms with E-state index in [9.17, 15) is 0 Å².